The summed E-state index contributed by atoms with van der Waals surface area (Å²) in [5.74, 6) is -2.19. The summed E-state index contributed by atoms with van der Waals surface area (Å²) in [6.07, 6.45) is 0.728. The number of hydrogen-bond acceptors (Lipinski definition) is 5. The second-order valence-electron chi connectivity index (χ2n) is 4.40. The van der Waals surface area contributed by atoms with Crippen molar-refractivity contribution in [3.8, 4) is 0 Å². The maximum atomic E-state index is 11.7. The van der Waals surface area contributed by atoms with E-state index < -0.39 is 33.8 Å². The van der Waals surface area contributed by atoms with Gasteiger partial charge in [-0.05, 0) is 6.42 Å². The number of aliphatic carboxylic acids is 1. The van der Waals surface area contributed by atoms with E-state index in [0.29, 0.717) is 0 Å². The van der Waals surface area contributed by atoms with E-state index in [-0.39, 0.29) is 25.1 Å². The molecular formula is C10H19N3O6S. The van der Waals surface area contributed by atoms with Crippen LogP contribution in [0.15, 0.2) is 0 Å². The van der Waals surface area contributed by atoms with Gasteiger partial charge in [-0.15, -0.1) is 0 Å². The molecule has 0 spiro atoms. The molecule has 20 heavy (non-hydrogen) atoms. The van der Waals surface area contributed by atoms with Gasteiger partial charge in [-0.3, -0.25) is 4.79 Å². The number of urea groups is 1. The largest absolute Gasteiger partial charge is 0.480 e. The molecule has 0 heterocycles. The number of nitrogens with one attached hydrogen (secondary N) is 1. The minimum atomic E-state index is -3.22. The Bertz CT molecular complexity index is 475. The lowest BCUT2D eigenvalue weighted by atomic mass is 10.1. The van der Waals surface area contributed by atoms with Gasteiger partial charge < -0.3 is 21.1 Å². The van der Waals surface area contributed by atoms with E-state index in [9.17, 15) is 22.8 Å². The first kappa shape index (κ1) is 18.2. The number of nitrogens with two attached hydrogens (primary N) is 1. The maximum absolute atomic E-state index is 11.7. The standard InChI is InChI=1S/C10H19N3O6S/c1-13(5-6-20(2,18)19)10(17)12-7(9(15)16)3-4-8(11)14/h7H,3-6H2,1-2H3,(H2,11,14)(H,12,17)(H,15,16)/t7-/m1/s1. The van der Waals surface area contributed by atoms with Crippen molar-refractivity contribution in [2.75, 3.05) is 25.6 Å². The molecule has 0 aromatic heterocycles. The number of primary amides is 1. The highest BCUT2D eigenvalue weighted by Crippen LogP contribution is 1.99. The zero-order valence-corrected chi connectivity index (χ0v) is 12.1. The van der Waals surface area contributed by atoms with E-state index >= 15 is 0 Å². The van der Waals surface area contributed by atoms with Crippen LogP contribution in [0.3, 0.4) is 0 Å². The normalized spacial score (nSPS) is 12.5. The fourth-order valence-electron chi connectivity index (χ4n) is 1.21. The first-order valence-electron chi connectivity index (χ1n) is 5.73. The van der Waals surface area contributed by atoms with Gasteiger partial charge in [0.2, 0.25) is 5.91 Å². The number of sulfone groups is 1. The van der Waals surface area contributed by atoms with Crippen molar-refractivity contribution in [1.82, 2.24) is 10.2 Å². The van der Waals surface area contributed by atoms with E-state index in [4.69, 9.17) is 10.8 Å². The van der Waals surface area contributed by atoms with Crippen molar-refractivity contribution in [3.63, 3.8) is 0 Å². The molecule has 0 aromatic rings. The third-order valence-corrected chi connectivity index (χ3v) is 3.34. The molecule has 3 amide bonds. The minimum Gasteiger partial charge on any atom is -0.480 e. The van der Waals surface area contributed by atoms with Gasteiger partial charge in [-0.1, -0.05) is 0 Å². The summed E-state index contributed by atoms with van der Waals surface area (Å²) in [6.45, 7) is -0.0627. The highest BCUT2D eigenvalue weighted by atomic mass is 32.2. The number of hydrogen-bond donors (Lipinski definition) is 3. The SMILES string of the molecule is CN(CCS(C)(=O)=O)C(=O)N[C@H](CCC(N)=O)C(=O)O. The second-order valence-corrected chi connectivity index (χ2v) is 6.66. The lowest BCUT2D eigenvalue weighted by Crippen LogP contribution is -2.47. The van der Waals surface area contributed by atoms with Crippen LogP contribution in [0.25, 0.3) is 0 Å². The molecule has 0 unspecified atom stereocenters. The molecule has 0 bridgehead atoms. The van der Waals surface area contributed by atoms with E-state index in [1.54, 1.807) is 0 Å². The average molecular weight is 309 g/mol. The Balaban J connectivity index is 4.44. The van der Waals surface area contributed by atoms with Crippen LogP contribution in [0.1, 0.15) is 12.8 Å². The van der Waals surface area contributed by atoms with Crippen LogP contribution in [-0.4, -0.2) is 68.0 Å². The Morgan fingerprint density at radius 2 is 1.90 bits per heavy atom. The van der Waals surface area contributed by atoms with Crippen LogP contribution in [0.2, 0.25) is 0 Å². The number of carbonyl (C=O) groups is 3. The second kappa shape index (κ2) is 7.68. The van der Waals surface area contributed by atoms with Crippen LogP contribution in [-0.2, 0) is 19.4 Å². The van der Waals surface area contributed by atoms with Crippen LogP contribution in [0.4, 0.5) is 4.79 Å². The lowest BCUT2D eigenvalue weighted by molar-refractivity contribution is -0.139. The molecule has 0 aliphatic rings. The van der Waals surface area contributed by atoms with Crippen LogP contribution < -0.4 is 11.1 Å². The highest BCUT2D eigenvalue weighted by Gasteiger charge is 2.22. The summed E-state index contributed by atoms with van der Waals surface area (Å²) in [7, 11) is -1.88. The lowest BCUT2D eigenvalue weighted by Gasteiger charge is -2.20. The number of carboxylic acids is 1. The van der Waals surface area contributed by atoms with Gasteiger partial charge in [0.25, 0.3) is 0 Å². The Hall–Kier alpha value is -1.84. The van der Waals surface area contributed by atoms with Crippen molar-refractivity contribution in [1.29, 1.82) is 0 Å². The molecule has 0 fully saturated rings. The third kappa shape index (κ3) is 8.29. The molecule has 0 rings (SSSR count). The van der Waals surface area contributed by atoms with Gasteiger partial charge >= 0.3 is 12.0 Å². The Kier molecular flexibility index (Phi) is 6.97. The number of carbonyl (C=O) groups excluding carboxylic acids is 2. The van der Waals surface area contributed by atoms with Crippen molar-refractivity contribution < 1.29 is 27.9 Å². The van der Waals surface area contributed by atoms with Gasteiger partial charge in [0, 0.05) is 26.3 Å². The first-order chi connectivity index (χ1) is 9.03. The molecule has 10 heteroatoms. The summed E-state index contributed by atoms with van der Waals surface area (Å²) in [5, 5.41) is 11.1. The summed E-state index contributed by atoms with van der Waals surface area (Å²) in [4.78, 5) is 34.2. The topological polar surface area (TPSA) is 147 Å². The zero-order chi connectivity index (χ0) is 15.9. The number of amides is 3. The van der Waals surface area contributed by atoms with Crippen molar-refractivity contribution in [2.24, 2.45) is 5.73 Å². The van der Waals surface area contributed by atoms with Gasteiger partial charge in [0.05, 0.1) is 5.75 Å². The maximum Gasteiger partial charge on any atom is 0.326 e. The first-order valence-corrected chi connectivity index (χ1v) is 7.79. The summed E-state index contributed by atoms with van der Waals surface area (Å²) in [5.41, 5.74) is 4.91. The molecule has 0 saturated heterocycles. The minimum absolute atomic E-state index is 0.0627. The van der Waals surface area contributed by atoms with Crippen LogP contribution >= 0.6 is 0 Å². The van der Waals surface area contributed by atoms with Crippen LogP contribution in [0, 0.1) is 0 Å². The van der Waals surface area contributed by atoms with Crippen molar-refractivity contribution in [2.45, 2.75) is 18.9 Å². The third-order valence-electron chi connectivity index (χ3n) is 2.42. The van der Waals surface area contributed by atoms with Gasteiger partial charge in [0.15, 0.2) is 0 Å². The zero-order valence-electron chi connectivity index (χ0n) is 11.3. The molecule has 0 aromatic carbocycles. The quantitative estimate of drug-likeness (QED) is 0.491. The molecule has 116 valence electrons. The monoisotopic (exact) mass is 309 g/mol. The molecule has 1 atom stereocenters. The molecule has 0 saturated carbocycles. The number of nitrogens with zero attached hydrogens (tertiary/aromatic N) is 1. The predicted molar refractivity (Wildman–Crippen MR) is 70.7 cm³/mol. The Morgan fingerprint density at radius 3 is 2.30 bits per heavy atom. The van der Waals surface area contributed by atoms with E-state index in [1.165, 1.54) is 7.05 Å². The molecule has 0 aliphatic heterocycles. The Labute approximate surface area is 117 Å². The van der Waals surface area contributed by atoms with Gasteiger partial charge in [0.1, 0.15) is 15.9 Å². The van der Waals surface area contributed by atoms with Gasteiger partial charge in [-0.25, -0.2) is 18.0 Å². The Morgan fingerprint density at radius 1 is 1.35 bits per heavy atom. The van der Waals surface area contributed by atoms with E-state index in [2.05, 4.69) is 5.32 Å². The average Bonchev–Trinajstić information content (AvgIpc) is 2.29. The van der Waals surface area contributed by atoms with Crippen molar-refractivity contribution >= 4 is 27.7 Å². The molecule has 4 N–H and O–H groups in total. The summed E-state index contributed by atoms with van der Waals surface area (Å²) >= 11 is 0. The molecule has 0 aliphatic carbocycles. The van der Waals surface area contributed by atoms with Crippen LogP contribution in [0.5, 0.6) is 0 Å². The smallest absolute Gasteiger partial charge is 0.326 e. The fourth-order valence-corrected chi connectivity index (χ4v) is 1.81. The number of carboxylic acid groups (broad SMARTS) is 1. The molecule has 9 nitrogen and oxygen atoms in total. The van der Waals surface area contributed by atoms with Gasteiger partial charge in [-0.2, -0.15) is 0 Å². The number of rotatable bonds is 8. The molecular weight excluding hydrogens is 290 g/mol. The summed E-state index contributed by atoms with van der Waals surface area (Å²) < 4.78 is 21.9. The van der Waals surface area contributed by atoms with Crippen molar-refractivity contribution in [3.05, 3.63) is 0 Å². The van der Waals surface area contributed by atoms with E-state index in [0.717, 1.165) is 11.2 Å². The summed E-state index contributed by atoms with van der Waals surface area (Å²) in [6, 6.07) is -1.98. The molecule has 0 radical (unpaired) electrons. The highest BCUT2D eigenvalue weighted by molar-refractivity contribution is 7.90. The van der Waals surface area contributed by atoms with E-state index in [1.807, 2.05) is 0 Å². The fraction of sp³-hybridized carbons (Fsp3) is 0.700. The predicted octanol–water partition coefficient (Wildman–Crippen LogP) is -1.61.